The number of aliphatic hydroxyl groups is 1. The third kappa shape index (κ3) is 1.62. The monoisotopic (exact) mass is 250 g/mol. The summed E-state index contributed by atoms with van der Waals surface area (Å²) in [6.07, 6.45) is 1.89. The molecular weight excluding hydrogens is 236 g/mol. The fraction of sp³-hybridized carbons (Fsp3) is 0.417. The minimum atomic E-state index is -0.216. The van der Waals surface area contributed by atoms with E-state index < -0.39 is 0 Å². The van der Waals surface area contributed by atoms with Crippen molar-refractivity contribution in [3.63, 3.8) is 0 Å². The molecule has 2 aromatic rings. The van der Waals surface area contributed by atoms with Crippen LogP contribution in [0.1, 0.15) is 10.6 Å². The Bertz CT molecular complexity index is 509. The molecule has 1 aliphatic heterocycles. The van der Waals surface area contributed by atoms with Crippen LogP contribution in [0.2, 0.25) is 0 Å². The number of nitrogens with zero attached hydrogens (tertiary/aromatic N) is 1. The summed E-state index contributed by atoms with van der Waals surface area (Å²) < 4.78 is 5.25. The maximum atomic E-state index is 9.55. The number of aryl methyl sites for hydroxylation is 1. The molecular formula is C12H14N2O2S. The predicted molar refractivity (Wildman–Crippen MR) is 66.2 cm³/mol. The second-order valence-corrected chi connectivity index (χ2v) is 5.45. The summed E-state index contributed by atoms with van der Waals surface area (Å²) in [5.41, 5.74) is 1.81. The van der Waals surface area contributed by atoms with E-state index in [0.717, 1.165) is 21.3 Å². The van der Waals surface area contributed by atoms with Gasteiger partial charge in [0.25, 0.3) is 0 Å². The van der Waals surface area contributed by atoms with E-state index >= 15 is 0 Å². The Balaban J connectivity index is 2.02. The highest BCUT2D eigenvalue weighted by molar-refractivity contribution is 7.15. The van der Waals surface area contributed by atoms with E-state index in [1.165, 1.54) is 0 Å². The molecule has 90 valence electrons. The number of aromatic amines is 1. The van der Waals surface area contributed by atoms with Gasteiger partial charge in [0.1, 0.15) is 5.01 Å². The maximum Gasteiger partial charge on any atom is 0.140 e. The normalized spacial score (nSPS) is 18.0. The summed E-state index contributed by atoms with van der Waals surface area (Å²) in [5, 5.41) is 10.5. The highest BCUT2D eigenvalue weighted by Crippen LogP contribution is 2.39. The Labute approximate surface area is 103 Å². The van der Waals surface area contributed by atoms with Crippen LogP contribution in [0.3, 0.4) is 0 Å². The Hall–Kier alpha value is -1.17. The lowest BCUT2D eigenvalue weighted by Crippen LogP contribution is -2.49. The Morgan fingerprint density at radius 1 is 1.59 bits per heavy atom. The first-order valence-electron chi connectivity index (χ1n) is 5.55. The summed E-state index contributed by atoms with van der Waals surface area (Å²) in [6.45, 7) is 3.31. The van der Waals surface area contributed by atoms with Gasteiger partial charge in [0.15, 0.2) is 0 Å². The molecule has 0 unspecified atom stereocenters. The fourth-order valence-electron chi connectivity index (χ4n) is 2.11. The van der Waals surface area contributed by atoms with E-state index in [1.807, 2.05) is 25.3 Å². The first kappa shape index (κ1) is 11.0. The first-order valence-corrected chi connectivity index (χ1v) is 6.37. The fourth-order valence-corrected chi connectivity index (χ4v) is 3.31. The molecule has 17 heavy (non-hydrogen) atoms. The van der Waals surface area contributed by atoms with Gasteiger partial charge in [0.2, 0.25) is 0 Å². The van der Waals surface area contributed by atoms with E-state index in [1.54, 1.807) is 11.3 Å². The zero-order valence-electron chi connectivity index (χ0n) is 9.56. The number of aliphatic hydroxyl groups excluding tert-OH is 1. The number of hydrogen-bond donors (Lipinski definition) is 2. The molecule has 0 bridgehead atoms. The van der Waals surface area contributed by atoms with Crippen molar-refractivity contribution >= 4 is 11.3 Å². The number of aromatic nitrogens is 2. The zero-order valence-corrected chi connectivity index (χ0v) is 10.4. The van der Waals surface area contributed by atoms with Crippen LogP contribution in [-0.4, -0.2) is 34.9 Å². The molecule has 0 radical (unpaired) electrons. The van der Waals surface area contributed by atoms with E-state index in [4.69, 9.17) is 4.74 Å². The Morgan fingerprint density at radius 2 is 2.41 bits per heavy atom. The van der Waals surface area contributed by atoms with Crippen molar-refractivity contribution in [2.75, 3.05) is 19.8 Å². The number of nitrogens with one attached hydrogen (secondary N) is 1. The van der Waals surface area contributed by atoms with Crippen LogP contribution in [0, 0.1) is 6.92 Å². The number of hydrogen-bond acceptors (Lipinski definition) is 4. The molecule has 1 saturated heterocycles. The molecule has 4 nitrogen and oxygen atoms in total. The van der Waals surface area contributed by atoms with Gasteiger partial charge >= 0.3 is 0 Å². The third-order valence-corrected chi connectivity index (χ3v) is 4.60. The van der Waals surface area contributed by atoms with Crippen LogP contribution >= 0.6 is 11.3 Å². The van der Waals surface area contributed by atoms with Gasteiger partial charge in [-0.2, -0.15) is 0 Å². The number of thiazole rings is 1. The molecule has 5 heteroatoms. The van der Waals surface area contributed by atoms with E-state index in [0.29, 0.717) is 13.2 Å². The number of rotatable bonds is 3. The largest absolute Gasteiger partial charge is 0.395 e. The standard InChI is InChI=1S/C12H14N2O2S/c1-8-10(12(5-15)6-16-7-12)17-11(14-8)9-3-2-4-13-9/h2-4,13,15H,5-7H2,1H3. The quantitative estimate of drug-likeness (QED) is 0.872. The number of ether oxygens (including phenoxy) is 1. The minimum absolute atomic E-state index is 0.125. The average Bonchev–Trinajstić information content (AvgIpc) is 2.87. The van der Waals surface area contributed by atoms with Crippen molar-refractivity contribution in [2.24, 2.45) is 0 Å². The van der Waals surface area contributed by atoms with Crippen molar-refractivity contribution in [1.82, 2.24) is 9.97 Å². The van der Waals surface area contributed by atoms with Gasteiger partial charge < -0.3 is 14.8 Å². The Morgan fingerprint density at radius 3 is 2.94 bits per heavy atom. The lowest BCUT2D eigenvalue weighted by Gasteiger charge is -2.39. The van der Waals surface area contributed by atoms with Gasteiger partial charge in [-0.25, -0.2) is 4.98 Å². The molecule has 0 aliphatic carbocycles. The first-order chi connectivity index (χ1) is 8.25. The summed E-state index contributed by atoms with van der Waals surface area (Å²) in [5.74, 6) is 0. The minimum Gasteiger partial charge on any atom is -0.395 e. The lowest BCUT2D eigenvalue weighted by molar-refractivity contribution is -0.0827. The highest BCUT2D eigenvalue weighted by atomic mass is 32.1. The van der Waals surface area contributed by atoms with Crippen molar-refractivity contribution in [1.29, 1.82) is 0 Å². The van der Waals surface area contributed by atoms with Crippen LogP contribution in [0.25, 0.3) is 10.7 Å². The van der Waals surface area contributed by atoms with Crippen molar-refractivity contribution < 1.29 is 9.84 Å². The molecule has 0 amide bonds. The SMILES string of the molecule is Cc1nc(-c2ccc[nH]2)sc1C1(CO)COC1. The van der Waals surface area contributed by atoms with E-state index in [9.17, 15) is 5.11 Å². The molecule has 0 aromatic carbocycles. The summed E-state index contributed by atoms with van der Waals surface area (Å²) in [4.78, 5) is 8.87. The number of H-pyrrole nitrogens is 1. The van der Waals surface area contributed by atoms with Crippen LogP contribution in [0.15, 0.2) is 18.3 Å². The summed E-state index contributed by atoms with van der Waals surface area (Å²) >= 11 is 1.64. The topological polar surface area (TPSA) is 58.1 Å². The molecule has 0 saturated carbocycles. The second-order valence-electron chi connectivity index (χ2n) is 4.45. The molecule has 2 aromatic heterocycles. The van der Waals surface area contributed by atoms with Crippen LogP contribution in [-0.2, 0) is 10.2 Å². The van der Waals surface area contributed by atoms with E-state index in [2.05, 4.69) is 9.97 Å². The molecule has 3 heterocycles. The maximum absolute atomic E-state index is 9.55. The lowest BCUT2D eigenvalue weighted by atomic mass is 9.84. The van der Waals surface area contributed by atoms with Gasteiger partial charge in [0, 0.05) is 11.1 Å². The van der Waals surface area contributed by atoms with Crippen LogP contribution < -0.4 is 0 Å². The predicted octanol–water partition coefficient (Wildman–Crippen LogP) is 1.71. The van der Waals surface area contributed by atoms with Gasteiger partial charge in [-0.3, -0.25) is 0 Å². The van der Waals surface area contributed by atoms with Crippen molar-refractivity contribution in [3.05, 3.63) is 28.9 Å². The second kappa shape index (κ2) is 3.94. The van der Waals surface area contributed by atoms with Gasteiger partial charge in [0.05, 0.1) is 36.6 Å². The molecule has 0 spiro atoms. The highest BCUT2D eigenvalue weighted by Gasteiger charge is 2.43. The van der Waals surface area contributed by atoms with Crippen molar-refractivity contribution in [3.8, 4) is 10.7 Å². The van der Waals surface area contributed by atoms with E-state index in [-0.39, 0.29) is 12.0 Å². The average molecular weight is 250 g/mol. The van der Waals surface area contributed by atoms with Gasteiger partial charge in [-0.05, 0) is 19.1 Å². The summed E-state index contributed by atoms with van der Waals surface area (Å²) in [7, 11) is 0. The van der Waals surface area contributed by atoms with Crippen LogP contribution in [0.4, 0.5) is 0 Å². The zero-order chi connectivity index (χ0) is 11.9. The third-order valence-electron chi connectivity index (χ3n) is 3.17. The van der Waals surface area contributed by atoms with Crippen molar-refractivity contribution in [2.45, 2.75) is 12.3 Å². The van der Waals surface area contributed by atoms with Crippen LogP contribution in [0.5, 0.6) is 0 Å². The molecule has 1 aliphatic rings. The molecule has 3 rings (SSSR count). The molecule has 0 atom stereocenters. The molecule has 1 fully saturated rings. The molecule has 2 N–H and O–H groups in total. The Kier molecular flexibility index (Phi) is 2.54. The van der Waals surface area contributed by atoms with Gasteiger partial charge in [-0.1, -0.05) is 0 Å². The van der Waals surface area contributed by atoms with Gasteiger partial charge in [-0.15, -0.1) is 11.3 Å². The summed E-state index contributed by atoms with van der Waals surface area (Å²) in [6, 6.07) is 3.96. The smallest absolute Gasteiger partial charge is 0.140 e.